The number of nitrogens with one attached hydrogen (secondary N) is 2. The lowest BCUT2D eigenvalue weighted by molar-refractivity contribution is -0.118. The maximum Gasteiger partial charge on any atom is 0.272 e. The summed E-state index contributed by atoms with van der Waals surface area (Å²) in [4.78, 5) is 29.2. The minimum absolute atomic E-state index is 0.274. The van der Waals surface area contributed by atoms with Crippen molar-refractivity contribution in [1.82, 2.24) is 14.9 Å². The first-order valence-electron chi connectivity index (χ1n) is 8.30. The Balaban J connectivity index is 1.76. The van der Waals surface area contributed by atoms with Crippen molar-refractivity contribution >= 4 is 17.5 Å². The third kappa shape index (κ3) is 4.57. The van der Waals surface area contributed by atoms with E-state index in [9.17, 15) is 9.59 Å². The minimum atomic E-state index is -0.716. The van der Waals surface area contributed by atoms with Crippen molar-refractivity contribution in [3.05, 3.63) is 84.4 Å². The number of para-hydroxylation sites is 1. The summed E-state index contributed by atoms with van der Waals surface area (Å²) >= 11 is 0. The van der Waals surface area contributed by atoms with Crippen LogP contribution in [0.2, 0.25) is 0 Å². The van der Waals surface area contributed by atoms with Crippen molar-refractivity contribution in [2.45, 2.75) is 12.5 Å². The summed E-state index contributed by atoms with van der Waals surface area (Å²) in [5, 5.41) is 5.63. The van der Waals surface area contributed by atoms with Crippen LogP contribution in [0.3, 0.4) is 0 Å². The molecule has 0 aliphatic carbocycles. The SMILES string of the molecule is Cn1cnc(C(=O)NC(Cc2ccccc2)C(=O)Nc2ccccc2)c1. The molecule has 1 aromatic heterocycles. The Hall–Kier alpha value is -3.41. The van der Waals surface area contributed by atoms with E-state index in [2.05, 4.69) is 15.6 Å². The summed E-state index contributed by atoms with van der Waals surface area (Å²) in [5.74, 6) is -0.654. The summed E-state index contributed by atoms with van der Waals surface area (Å²) in [6, 6.07) is 18.0. The normalized spacial score (nSPS) is 11.6. The zero-order valence-corrected chi connectivity index (χ0v) is 14.4. The number of carbonyl (C=O) groups is 2. The van der Waals surface area contributed by atoms with Crippen LogP contribution in [0.1, 0.15) is 16.1 Å². The molecule has 26 heavy (non-hydrogen) atoms. The number of nitrogens with zero attached hydrogens (tertiary/aromatic N) is 2. The highest BCUT2D eigenvalue weighted by molar-refractivity contribution is 6.00. The number of aromatic nitrogens is 2. The molecule has 0 saturated heterocycles. The van der Waals surface area contributed by atoms with E-state index >= 15 is 0 Å². The second-order valence-corrected chi connectivity index (χ2v) is 6.00. The predicted molar refractivity (Wildman–Crippen MR) is 99.7 cm³/mol. The summed E-state index contributed by atoms with van der Waals surface area (Å²) in [6.45, 7) is 0. The van der Waals surface area contributed by atoms with Gasteiger partial charge >= 0.3 is 0 Å². The van der Waals surface area contributed by atoms with Crippen LogP contribution in [-0.2, 0) is 18.3 Å². The van der Waals surface area contributed by atoms with Crippen LogP contribution in [0.5, 0.6) is 0 Å². The van der Waals surface area contributed by atoms with Crippen molar-refractivity contribution in [3.8, 4) is 0 Å². The third-order valence-corrected chi connectivity index (χ3v) is 3.88. The molecule has 0 aliphatic heterocycles. The molecule has 0 spiro atoms. The minimum Gasteiger partial charge on any atom is -0.340 e. The van der Waals surface area contributed by atoms with E-state index in [1.165, 1.54) is 0 Å². The Morgan fingerprint density at radius 3 is 2.31 bits per heavy atom. The topological polar surface area (TPSA) is 76.0 Å². The van der Waals surface area contributed by atoms with Crippen molar-refractivity contribution in [2.75, 3.05) is 5.32 Å². The lowest BCUT2D eigenvalue weighted by Gasteiger charge is -2.18. The van der Waals surface area contributed by atoms with Crippen molar-refractivity contribution in [2.24, 2.45) is 7.05 Å². The standard InChI is InChI=1S/C20H20N4O2/c1-24-13-18(21-14-24)20(26)23-17(12-15-8-4-2-5-9-15)19(25)22-16-10-6-3-7-11-16/h2-11,13-14,17H,12H2,1H3,(H,22,25)(H,23,26). The van der Waals surface area contributed by atoms with Crippen LogP contribution >= 0.6 is 0 Å². The fraction of sp³-hybridized carbons (Fsp3) is 0.150. The van der Waals surface area contributed by atoms with Gasteiger partial charge in [0.1, 0.15) is 11.7 Å². The summed E-state index contributed by atoms with van der Waals surface area (Å²) in [5.41, 5.74) is 1.92. The highest BCUT2D eigenvalue weighted by atomic mass is 16.2. The molecule has 1 heterocycles. The highest BCUT2D eigenvalue weighted by Gasteiger charge is 2.23. The van der Waals surface area contributed by atoms with Crippen LogP contribution in [0.25, 0.3) is 0 Å². The molecule has 2 aromatic carbocycles. The van der Waals surface area contributed by atoms with E-state index in [1.807, 2.05) is 48.5 Å². The molecule has 3 rings (SSSR count). The number of anilines is 1. The molecule has 1 unspecified atom stereocenters. The molecule has 6 heteroatoms. The molecular formula is C20H20N4O2. The Labute approximate surface area is 151 Å². The Kier molecular flexibility index (Phi) is 5.43. The second kappa shape index (κ2) is 8.11. The number of imidazole rings is 1. The van der Waals surface area contributed by atoms with Crippen LogP contribution in [0.15, 0.2) is 73.2 Å². The number of rotatable bonds is 6. The first-order chi connectivity index (χ1) is 12.6. The Morgan fingerprint density at radius 2 is 1.69 bits per heavy atom. The van der Waals surface area contributed by atoms with Gasteiger partial charge in [-0.15, -0.1) is 0 Å². The van der Waals surface area contributed by atoms with Gasteiger partial charge in [0.15, 0.2) is 0 Å². The average Bonchev–Trinajstić information content (AvgIpc) is 3.09. The van der Waals surface area contributed by atoms with E-state index in [4.69, 9.17) is 0 Å². The zero-order valence-electron chi connectivity index (χ0n) is 14.4. The largest absolute Gasteiger partial charge is 0.340 e. The average molecular weight is 348 g/mol. The van der Waals surface area contributed by atoms with Crippen LogP contribution in [0.4, 0.5) is 5.69 Å². The summed E-state index contributed by atoms with van der Waals surface area (Å²) in [6.07, 6.45) is 3.55. The number of hydrogen-bond donors (Lipinski definition) is 2. The van der Waals surface area contributed by atoms with Gasteiger partial charge in [-0.3, -0.25) is 9.59 Å². The van der Waals surface area contributed by atoms with Gasteiger partial charge in [0.2, 0.25) is 5.91 Å². The molecular weight excluding hydrogens is 328 g/mol. The fourth-order valence-corrected chi connectivity index (χ4v) is 2.57. The van der Waals surface area contributed by atoms with E-state index in [0.29, 0.717) is 12.1 Å². The number of carbonyl (C=O) groups excluding carboxylic acids is 2. The Morgan fingerprint density at radius 1 is 1.04 bits per heavy atom. The van der Waals surface area contributed by atoms with Crippen LogP contribution < -0.4 is 10.6 Å². The zero-order chi connectivity index (χ0) is 18.4. The fourth-order valence-electron chi connectivity index (χ4n) is 2.57. The van der Waals surface area contributed by atoms with Crippen LogP contribution in [0, 0.1) is 0 Å². The van der Waals surface area contributed by atoms with Gasteiger partial charge in [-0.2, -0.15) is 0 Å². The lowest BCUT2D eigenvalue weighted by atomic mass is 10.0. The molecule has 2 amide bonds. The molecule has 2 N–H and O–H groups in total. The molecule has 3 aromatic rings. The monoisotopic (exact) mass is 348 g/mol. The second-order valence-electron chi connectivity index (χ2n) is 6.00. The van der Waals surface area contributed by atoms with Gasteiger partial charge in [-0.25, -0.2) is 4.98 Å². The highest BCUT2D eigenvalue weighted by Crippen LogP contribution is 2.09. The molecule has 0 radical (unpaired) electrons. The third-order valence-electron chi connectivity index (χ3n) is 3.88. The number of amides is 2. The van der Waals surface area contributed by atoms with Crippen molar-refractivity contribution in [3.63, 3.8) is 0 Å². The maximum atomic E-state index is 12.7. The molecule has 0 saturated carbocycles. The van der Waals surface area contributed by atoms with Crippen molar-refractivity contribution < 1.29 is 9.59 Å². The molecule has 0 bridgehead atoms. The molecule has 1 atom stereocenters. The molecule has 0 aliphatic rings. The van der Waals surface area contributed by atoms with Crippen molar-refractivity contribution in [1.29, 1.82) is 0 Å². The van der Waals surface area contributed by atoms with Gasteiger partial charge in [0.05, 0.1) is 6.33 Å². The number of hydrogen-bond acceptors (Lipinski definition) is 3. The van der Waals surface area contributed by atoms with Gasteiger partial charge in [-0.05, 0) is 17.7 Å². The summed E-state index contributed by atoms with van der Waals surface area (Å²) < 4.78 is 1.69. The van der Waals surface area contributed by atoms with Gasteiger partial charge in [-0.1, -0.05) is 48.5 Å². The summed E-state index contributed by atoms with van der Waals surface area (Å²) in [7, 11) is 1.79. The smallest absolute Gasteiger partial charge is 0.272 e. The quantitative estimate of drug-likeness (QED) is 0.718. The van der Waals surface area contributed by atoms with Gasteiger partial charge < -0.3 is 15.2 Å². The van der Waals surface area contributed by atoms with Gasteiger partial charge in [0, 0.05) is 25.4 Å². The number of benzene rings is 2. The maximum absolute atomic E-state index is 12.7. The molecule has 6 nitrogen and oxygen atoms in total. The van der Waals surface area contributed by atoms with E-state index in [1.54, 1.807) is 36.3 Å². The predicted octanol–water partition coefficient (Wildman–Crippen LogP) is 2.40. The lowest BCUT2D eigenvalue weighted by Crippen LogP contribution is -2.45. The van der Waals surface area contributed by atoms with E-state index < -0.39 is 6.04 Å². The van der Waals surface area contributed by atoms with E-state index in [0.717, 1.165) is 5.56 Å². The molecule has 0 fully saturated rings. The van der Waals surface area contributed by atoms with Gasteiger partial charge in [0.25, 0.3) is 5.91 Å². The number of aryl methyl sites for hydroxylation is 1. The Bertz CT molecular complexity index is 875. The first-order valence-corrected chi connectivity index (χ1v) is 8.30. The molecule has 132 valence electrons. The first kappa shape index (κ1) is 17.4. The van der Waals surface area contributed by atoms with E-state index in [-0.39, 0.29) is 17.5 Å². The van der Waals surface area contributed by atoms with Crippen LogP contribution in [-0.4, -0.2) is 27.4 Å².